The third kappa shape index (κ3) is 3.14. The average molecular weight is 432 g/mol. The minimum absolute atomic E-state index is 0.141. The lowest BCUT2D eigenvalue weighted by Crippen LogP contribution is -2.02. The van der Waals surface area contributed by atoms with E-state index >= 15 is 0 Å². The van der Waals surface area contributed by atoms with Crippen LogP contribution in [0.4, 0.5) is 5.69 Å². The number of carbonyl (C=O) groups excluding carboxylic acids is 1. The number of thiazole rings is 1. The van der Waals surface area contributed by atoms with Gasteiger partial charge in [-0.15, -0.1) is 10.2 Å². The molecule has 0 spiro atoms. The van der Waals surface area contributed by atoms with E-state index in [-0.39, 0.29) is 17.0 Å². The largest absolute Gasteiger partial charge is 0.289 e. The summed E-state index contributed by atoms with van der Waals surface area (Å²) in [5.41, 5.74) is 1.56. The van der Waals surface area contributed by atoms with Gasteiger partial charge in [-0.3, -0.25) is 19.3 Å². The Morgan fingerprint density at radius 3 is 2.53 bits per heavy atom. The first-order valence-corrected chi connectivity index (χ1v) is 10.5. The monoisotopic (exact) mass is 432 g/mol. The number of ketones is 1. The van der Waals surface area contributed by atoms with Crippen LogP contribution in [0.5, 0.6) is 0 Å². The van der Waals surface area contributed by atoms with Gasteiger partial charge in [0, 0.05) is 17.2 Å². The van der Waals surface area contributed by atoms with Crippen LogP contribution in [-0.4, -0.2) is 25.3 Å². The molecular formula is C21H12N4O3S2. The van der Waals surface area contributed by atoms with Crippen LogP contribution in [0.1, 0.15) is 15.9 Å². The molecule has 2 aromatic heterocycles. The highest BCUT2D eigenvalue weighted by molar-refractivity contribution is 7.99. The van der Waals surface area contributed by atoms with Crippen molar-refractivity contribution in [3.8, 4) is 0 Å². The quantitative estimate of drug-likeness (QED) is 0.214. The molecule has 0 saturated carbocycles. The van der Waals surface area contributed by atoms with E-state index in [1.165, 1.54) is 17.4 Å². The Labute approximate surface area is 178 Å². The van der Waals surface area contributed by atoms with Gasteiger partial charge in [-0.25, -0.2) is 0 Å². The van der Waals surface area contributed by atoms with Crippen molar-refractivity contribution in [1.29, 1.82) is 0 Å². The summed E-state index contributed by atoms with van der Waals surface area (Å²) in [6.07, 6.45) is 0. The summed E-state index contributed by atoms with van der Waals surface area (Å²) in [7, 11) is 0. The maximum atomic E-state index is 12.7. The van der Waals surface area contributed by atoms with Crippen LogP contribution in [0.3, 0.4) is 0 Å². The van der Waals surface area contributed by atoms with E-state index in [1.807, 2.05) is 34.7 Å². The fourth-order valence-corrected chi connectivity index (χ4v) is 5.11. The molecule has 0 fully saturated rings. The maximum absolute atomic E-state index is 12.7. The number of carbonyl (C=O) groups is 1. The van der Waals surface area contributed by atoms with E-state index in [1.54, 1.807) is 36.4 Å². The van der Waals surface area contributed by atoms with Gasteiger partial charge < -0.3 is 0 Å². The van der Waals surface area contributed by atoms with Crippen molar-refractivity contribution in [2.45, 2.75) is 10.1 Å². The molecule has 2 heterocycles. The van der Waals surface area contributed by atoms with Gasteiger partial charge in [0.2, 0.25) is 10.1 Å². The molecule has 9 heteroatoms. The Kier molecular flexibility index (Phi) is 4.53. The van der Waals surface area contributed by atoms with E-state index in [0.717, 1.165) is 26.9 Å². The molecule has 0 saturated heterocycles. The summed E-state index contributed by atoms with van der Waals surface area (Å²) >= 11 is 2.66. The van der Waals surface area contributed by atoms with Gasteiger partial charge in [-0.2, -0.15) is 0 Å². The lowest BCUT2D eigenvalue weighted by Gasteiger charge is -2.05. The third-order valence-corrected chi connectivity index (χ3v) is 6.59. The minimum atomic E-state index is -0.478. The van der Waals surface area contributed by atoms with Gasteiger partial charge in [0.1, 0.15) is 0 Å². The van der Waals surface area contributed by atoms with Crippen molar-refractivity contribution >= 4 is 49.7 Å². The van der Waals surface area contributed by atoms with Crippen LogP contribution in [0.25, 0.3) is 15.2 Å². The van der Waals surface area contributed by atoms with Gasteiger partial charge in [-0.05, 0) is 36.0 Å². The number of hydrogen-bond acceptors (Lipinski definition) is 7. The first kappa shape index (κ1) is 18.5. The molecule has 5 rings (SSSR count). The predicted molar refractivity (Wildman–Crippen MR) is 115 cm³/mol. The molecule has 0 aliphatic heterocycles. The smallest absolute Gasteiger partial charge is 0.284 e. The Bertz CT molecular complexity index is 1430. The molecular weight excluding hydrogens is 420 g/mol. The van der Waals surface area contributed by atoms with Gasteiger partial charge in [0.05, 0.1) is 20.0 Å². The average Bonchev–Trinajstić information content (AvgIpc) is 3.33. The zero-order valence-electron chi connectivity index (χ0n) is 15.3. The number of fused-ring (bicyclic) bond motifs is 3. The van der Waals surface area contributed by atoms with Gasteiger partial charge in [0.25, 0.3) is 5.69 Å². The third-order valence-electron chi connectivity index (χ3n) is 4.57. The molecule has 0 radical (unpaired) electrons. The highest BCUT2D eigenvalue weighted by Gasteiger charge is 2.22. The van der Waals surface area contributed by atoms with Crippen molar-refractivity contribution in [1.82, 2.24) is 14.6 Å². The number of hydrogen-bond donors (Lipinski definition) is 0. The van der Waals surface area contributed by atoms with Crippen molar-refractivity contribution in [3.05, 3.63) is 94.0 Å². The lowest BCUT2D eigenvalue weighted by atomic mass is 10.0. The maximum Gasteiger partial charge on any atom is 0.284 e. The Balaban J connectivity index is 1.56. The summed E-state index contributed by atoms with van der Waals surface area (Å²) in [6.45, 7) is 0. The Morgan fingerprint density at radius 2 is 1.73 bits per heavy atom. The summed E-state index contributed by atoms with van der Waals surface area (Å²) in [5.74, 6) is -0.260. The molecule has 7 nitrogen and oxygen atoms in total. The molecule has 146 valence electrons. The first-order chi connectivity index (χ1) is 14.6. The highest BCUT2D eigenvalue weighted by Crippen LogP contribution is 2.37. The SMILES string of the molecule is O=C(c1ccccc1)c1ccc(Sc2nnc3sc4ccccc4n23)c([N+](=O)[O-])c1. The molecule has 0 aliphatic carbocycles. The fourth-order valence-electron chi connectivity index (χ4n) is 3.16. The van der Waals surface area contributed by atoms with Crippen molar-refractivity contribution in [2.24, 2.45) is 0 Å². The van der Waals surface area contributed by atoms with E-state index in [4.69, 9.17) is 0 Å². The molecule has 0 bridgehead atoms. The van der Waals surface area contributed by atoms with Crippen LogP contribution in [0, 0.1) is 10.1 Å². The zero-order valence-corrected chi connectivity index (χ0v) is 16.9. The fraction of sp³-hybridized carbons (Fsp3) is 0. The number of nitrogens with zero attached hydrogens (tertiary/aromatic N) is 4. The van der Waals surface area contributed by atoms with E-state index in [2.05, 4.69) is 10.2 Å². The molecule has 30 heavy (non-hydrogen) atoms. The van der Waals surface area contributed by atoms with Crippen molar-refractivity contribution in [3.63, 3.8) is 0 Å². The number of nitro groups is 1. The molecule has 0 atom stereocenters. The van der Waals surface area contributed by atoms with Crippen LogP contribution in [0.2, 0.25) is 0 Å². The second kappa shape index (κ2) is 7.36. The van der Waals surface area contributed by atoms with Crippen LogP contribution in [-0.2, 0) is 0 Å². The van der Waals surface area contributed by atoms with E-state index < -0.39 is 4.92 Å². The van der Waals surface area contributed by atoms with E-state index in [0.29, 0.717) is 15.6 Å². The summed E-state index contributed by atoms with van der Waals surface area (Å²) in [5, 5.41) is 20.7. The topological polar surface area (TPSA) is 90.4 Å². The lowest BCUT2D eigenvalue weighted by molar-refractivity contribution is -0.387. The minimum Gasteiger partial charge on any atom is -0.289 e. The Morgan fingerprint density at radius 1 is 0.967 bits per heavy atom. The van der Waals surface area contributed by atoms with Crippen LogP contribution in [0.15, 0.2) is 82.8 Å². The van der Waals surface area contributed by atoms with Crippen LogP contribution < -0.4 is 0 Å². The second-order valence-corrected chi connectivity index (χ2v) is 8.43. The molecule has 0 unspecified atom stereocenters. The molecule has 0 aliphatic rings. The van der Waals surface area contributed by atoms with Crippen molar-refractivity contribution in [2.75, 3.05) is 0 Å². The van der Waals surface area contributed by atoms with Gasteiger partial charge in [-0.1, -0.05) is 53.8 Å². The van der Waals surface area contributed by atoms with E-state index in [9.17, 15) is 14.9 Å². The number of rotatable bonds is 5. The van der Waals surface area contributed by atoms with Crippen LogP contribution >= 0.6 is 23.1 Å². The Hall–Kier alpha value is -3.56. The summed E-state index contributed by atoms with van der Waals surface area (Å²) < 4.78 is 2.94. The number of benzene rings is 3. The van der Waals surface area contributed by atoms with Crippen molar-refractivity contribution < 1.29 is 9.72 Å². The number of nitro benzene ring substituents is 1. The zero-order chi connectivity index (χ0) is 20.7. The predicted octanol–water partition coefficient (Wildman–Crippen LogP) is 5.23. The molecule has 0 amide bonds. The van der Waals surface area contributed by atoms with Gasteiger partial charge in [0.15, 0.2) is 5.78 Å². The number of para-hydroxylation sites is 1. The normalized spacial score (nSPS) is 11.2. The first-order valence-electron chi connectivity index (χ1n) is 8.90. The standard InChI is InChI=1S/C21H12N4O3S2/c26-19(13-6-2-1-3-7-13)14-10-11-18(16(12-14)25(27)28)30-21-23-22-20-24(21)15-8-4-5-9-17(15)29-20/h1-12H. The molecule has 5 aromatic rings. The second-order valence-electron chi connectivity index (χ2n) is 6.41. The number of aromatic nitrogens is 3. The summed E-state index contributed by atoms with van der Waals surface area (Å²) in [4.78, 5) is 25.0. The molecule has 0 N–H and O–H groups in total. The van der Waals surface area contributed by atoms with Gasteiger partial charge >= 0.3 is 0 Å². The highest BCUT2D eigenvalue weighted by atomic mass is 32.2. The summed E-state index contributed by atoms with van der Waals surface area (Å²) in [6, 6.07) is 21.0. The molecule has 3 aromatic carbocycles.